The fourth-order valence-corrected chi connectivity index (χ4v) is 4.71. The molecular formula is C18H25BrN4O2S. The minimum atomic E-state index is -0.103. The first kappa shape index (κ1) is 19.5. The Morgan fingerprint density at radius 2 is 2.04 bits per heavy atom. The molecule has 0 unspecified atom stereocenters. The second-order valence-corrected chi connectivity index (χ2v) is 8.24. The highest BCUT2D eigenvalue weighted by molar-refractivity contribution is 9.10. The van der Waals surface area contributed by atoms with E-state index in [0.717, 1.165) is 34.1 Å². The van der Waals surface area contributed by atoms with Gasteiger partial charge in [0.1, 0.15) is 17.3 Å². The monoisotopic (exact) mass is 440 g/mol. The standard InChI is InChI=1S/C18H25BrN4O2S/c1-11-15(16(19)12(2)25-11)17(24)20-10-6-9-14-21-22-18(26-3)23(14)13-7-4-5-8-13/h13H,4-10H2,1-3H3,(H,20,24). The molecule has 0 radical (unpaired) electrons. The largest absolute Gasteiger partial charge is 0.465 e. The molecule has 0 spiro atoms. The quantitative estimate of drug-likeness (QED) is 0.508. The van der Waals surface area contributed by atoms with E-state index < -0.39 is 0 Å². The Hall–Kier alpha value is -1.28. The molecule has 0 bridgehead atoms. The number of thioether (sulfide) groups is 1. The van der Waals surface area contributed by atoms with Crippen LogP contribution in [0.2, 0.25) is 0 Å². The number of carbonyl (C=O) groups is 1. The Balaban J connectivity index is 1.57. The van der Waals surface area contributed by atoms with Crippen molar-refractivity contribution in [2.24, 2.45) is 0 Å². The summed E-state index contributed by atoms with van der Waals surface area (Å²) in [7, 11) is 0. The van der Waals surface area contributed by atoms with Crippen LogP contribution >= 0.6 is 27.7 Å². The minimum absolute atomic E-state index is 0.103. The van der Waals surface area contributed by atoms with Crippen LogP contribution in [-0.2, 0) is 6.42 Å². The molecule has 2 aromatic rings. The van der Waals surface area contributed by atoms with Crippen LogP contribution in [-0.4, -0.2) is 33.5 Å². The van der Waals surface area contributed by atoms with Gasteiger partial charge in [-0.25, -0.2) is 0 Å². The van der Waals surface area contributed by atoms with Crippen molar-refractivity contribution in [3.05, 3.63) is 27.4 Å². The summed E-state index contributed by atoms with van der Waals surface area (Å²) >= 11 is 5.08. The Morgan fingerprint density at radius 1 is 1.31 bits per heavy atom. The summed E-state index contributed by atoms with van der Waals surface area (Å²) in [5, 5.41) is 12.7. The van der Waals surface area contributed by atoms with E-state index in [4.69, 9.17) is 4.42 Å². The first-order chi connectivity index (χ1) is 12.5. The van der Waals surface area contributed by atoms with Crippen molar-refractivity contribution in [2.45, 2.75) is 63.6 Å². The highest BCUT2D eigenvalue weighted by Crippen LogP contribution is 2.33. The Labute approximate surface area is 166 Å². The molecule has 26 heavy (non-hydrogen) atoms. The van der Waals surface area contributed by atoms with Crippen molar-refractivity contribution in [2.75, 3.05) is 12.8 Å². The van der Waals surface area contributed by atoms with Gasteiger partial charge >= 0.3 is 0 Å². The first-order valence-electron chi connectivity index (χ1n) is 9.04. The molecule has 6 nitrogen and oxygen atoms in total. The molecule has 0 atom stereocenters. The van der Waals surface area contributed by atoms with Crippen LogP contribution < -0.4 is 5.32 Å². The SMILES string of the molecule is CSc1nnc(CCCNC(=O)c2c(C)oc(C)c2Br)n1C1CCCC1. The lowest BCUT2D eigenvalue weighted by Crippen LogP contribution is -2.25. The van der Waals surface area contributed by atoms with Crippen molar-refractivity contribution >= 4 is 33.6 Å². The summed E-state index contributed by atoms with van der Waals surface area (Å²) in [6.45, 7) is 4.24. The van der Waals surface area contributed by atoms with E-state index in [2.05, 4.69) is 36.0 Å². The van der Waals surface area contributed by atoms with Crippen LogP contribution in [0.5, 0.6) is 0 Å². The van der Waals surface area contributed by atoms with Crippen LogP contribution in [0, 0.1) is 13.8 Å². The highest BCUT2D eigenvalue weighted by Gasteiger charge is 2.23. The van der Waals surface area contributed by atoms with Crippen LogP contribution in [0.4, 0.5) is 0 Å². The number of amides is 1. The van der Waals surface area contributed by atoms with Crippen molar-refractivity contribution in [1.82, 2.24) is 20.1 Å². The molecule has 2 heterocycles. The molecule has 3 rings (SSSR count). The normalized spacial score (nSPS) is 14.9. The lowest BCUT2D eigenvalue weighted by Gasteiger charge is -2.16. The average Bonchev–Trinajstić information content (AvgIpc) is 3.31. The number of nitrogens with zero attached hydrogens (tertiary/aromatic N) is 3. The summed E-state index contributed by atoms with van der Waals surface area (Å²) in [6.07, 6.45) is 8.68. The molecular weight excluding hydrogens is 416 g/mol. The molecule has 2 aromatic heterocycles. The van der Waals surface area contributed by atoms with Gasteiger partial charge in [-0.3, -0.25) is 4.79 Å². The number of carbonyl (C=O) groups excluding carboxylic acids is 1. The summed E-state index contributed by atoms with van der Waals surface area (Å²) in [5.74, 6) is 2.29. The molecule has 0 aliphatic heterocycles. The number of rotatable bonds is 7. The molecule has 8 heteroatoms. The van der Waals surface area contributed by atoms with E-state index in [1.165, 1.54) is 25.7 Å². The third-order valence-electron chi connectivity index (χ3n) is 4.88. The van der Waals surface area contributed by atoms with Gasteiger partial charge in [0, 0.05) is 19.0 Å². The number of hydrogen-bond donors (Lipinski definition) is 1. The summed E-state index contributed by atoms with van der Waals surface area (Å²) < 4.78 is 8.55. The number of nitrogens with one attached hydrogen (secondary N) is 1. The van der Waals surface area contributed by atoms with E-state index >= 15 is 0 Å². The maximum Gasteiger partial charge on any atom is 0.255 e. The fraction of sp³-hybridized carbons (Fsp3) is 0.611. The van der Waals surface area contributed by atoms with E-state index in [-0.39, 0.29) is 5.91 Å². The van der Waals surface area contributed by atoms with E-state index in [1.54, 1.807) is 18.7 Å². The van der Waals surface area contributed by atoms with Crippen LogP contribution in [0.1, 0.15) is 65.8 Å². The Morgan fingerprint density at radius 3 is 2.65 bits per heavy atom. The number of aromatic nitrogens is 3. The maximum absolute atomic E-state index is 12.4. The van der Waals surface area contributed by atoms with E-state index in [0.29, 0.717) is 23.9 Å². The van der Waals surface area contributed by atoms with Crippen LogP contribution in [0.3, 0.4) is 0 Å². The van der Waals surface area contributed by atoms with Gasteiger partial charge in [-0.05, 0) is 55.3 Å². The fourth-order valence-electron chi connectivity index (χ4n) is 3.60. The predicted octanol–water partition coefficient (Wildman–Crippen LogP) is 4.45. The van der Waals surface area contributed by atoms with Gasteiger partial charge in [0.15, 0.2) is 5.16 Å². The zero-order chi connectivity index (χ0) is 18.7. The van der Waals surface area contributed by atoms with Crippen LogP contribution in [0.15, 0.2) is 14.0 Å². The highest BCUT2D eigenvalue weighted by atomic mass is 79.9. The molecule has 1 aliphatic rings. The summed E-state index contributed by atoms with van der Waals surface area (Å²) in [5.41, 5.74) is 0.585. The molecule has 1 fully saturated rings. The Kier molecular flexibility index (Phi) is 6.45. The molecule has 142 valence electrons. The van der Waals surface area contributed by atoms with Gasteiger partial charge in [0.05, 0.1) is 10.0 Å². The van der Waals surface area contributed by atoms with Gasteiger partial charge in [-0.2, -0.15) is 0 Å². The van der Waals surface area contributed by atoms with E-state index in [9.17, 15) is 4.79 Å². The molecule has 0 aromatic carbocycles. The lowest BCUT2D eigenvalue weighted by atomic mass is 10.2. The molecule has 1 N–H and O–H groups in total. The maximum atomic E-state index is 12.4. The van der Waals surface area contributed by atoms with Crippen LogP contribution in [0.25, 0.3) is 0 Å². The van der Waals surface area contributed by atoms with E-state index in [1.807, 2.05) is 13.2 Å². The van der Waals surface area contributed by atoms with Gasteiger partial charge in [-0.1, -0.05) is 24.6 Å². The smallest absolute Gasteiger partial charge is 0.255 e. The number of hydrogen-bond acceptors (Lipinski definition) is 5. The molecule has 1 aliphatic carbocycles. The van der Waals surface area contributed by atoms with Gasteiger partial charge in [0.2, 0.25) is 0 Å². The van der Waals surface area contributed by atoms with Crippen molar-refractivity contribution < 1.29 is 9.21 Å². The van der Waals surface area contributed by atoms with Crippen molar-refractivity contribution in [3.8, 4) is 0 Å². The summed E-state index contributed by atoms with van der Waals surface area (Å²) in [6, 6.07) is 0.532. The third-order valence-corrected chi connectivity index (χ3v) is 6.48. The van der Waals surface area contributed by atoms with Crippen molar-refractivity contribution in [1.29, 1.82) is 0 Å². The molecule has 1 saturated carbocycles. The predicted molar refractivity (Wildman–Crippen MR) is 106 cm³/mol. The van der Waals surface area contributed by atoms with Gasteiger partial charge in [-0.15, -0.1) is 10.2 Å². The van der Waals surface area contributed by atoms with Gasteiger partial charge < -0.3 is 14.3 Å². The van der Waals surface area contributed by atoms with Gasteiger partial charge in [0.25, 0.3) is 5.91 Å². The summed E-state index contributed by atoms with van der Waals surface area (Å²) in [4.78, 5) is 12.4. The topological polar surface area (TPSA) is 73.0 Å². The number of halogens is 1. The molecule has 0 saturated heterocycles. The lowest BCUT2D eigenvalue weighted by molar-refractivity contribution is 0.0951. The average molecular weight is 441 g/mol. The second kappa shape index (κ2) is 8.61. The molecule has 1 amide bonds. The Bertz CT molecular complexity index is 780. The second-order valence-electron chi connectivity index (χ2n) is 6.67. The zero-order valence-corrected chi connectivity index (χ0v) is 17.9. The van der Waals surface area contributed by atoms with Crippen molar-refractivity contribution in [3.63, 3.8) is 0 Å². The first-order valence-corrected chi connectivity index (χ1v) is 11.1. The minimum Gasteiger partial charge on any atom is -0.465 e. The zero-order valence-electron chi connectivity index (χ0n) is 15.5. The number of aryl methyl sites for hydroxylation is 3. The number of furan rings is 1. The third kappa shape index (κ3) is 4.01.